The highest BCUT2D eigenvalue weighted by molar-refractivity contribution is 5.91. The molecular weight excluding hydrogens is 332 g/mol. The third kappa shape index (κ3) is 4.73. The minimum absolute atomic E-state index is 0.435. The largest absolute Gasteiger partial charge is 0.495 e. The topological polar surface area (TPSA) is 75.2 Å². The molecule has 0 aliphatic carbocycles. The molecule has 2 aromatic rings. The Kier molecular flexibility index (Phi) is 6.05. The van der Waals surface area contributed by atoms with Crippen LogP contribution in [0.4, 0.5) is 16.2 Å². The molecule has 2 amide bonds. The van der Waals surface area contributed by atoms with E-state index in [0.717, 1.165) is 37.6 Å². The lowest BCUT2D eigenvalue weighted by atomic mass is 10.2. The van der Waals surface area contributed by atoms with Crippen LogP contribution in [0.25, 0.3) is 0 Å². The van der Waals surface area contributed by atoms with Crippen molar-refractivity contribution in [1.29, 1.82) is 0 Å². The molecule has 136 valence electrons. The number of urea groups is 1. The van der Waals surface area contributed by atoms with Crippen LogP contribution in [0.15, 0.2) is 53.6 Å². The number of para-hydroxylation sites is 2. The van der Waals surface area contributed by atoms with Gasteiger partial charge < -0.3 is 19.7 Å². The number of carbonyl (C=O) groups is 1. The van der Waals surface area contributed by atoms with Gasteiger partial charge >= 0.3 is 6.03 Å². The van der Waals surface area contributed by atoms with Crippen molar-refractivity contribution in [3.8, 4) is 5.75 Å². The second kappa shape index (κ2) is 8.87. The fraction of sp³-hybridized carbons (Fsp3) is 0.263. The van der Waals surface area contributed by atoms with E-state index >= 15 is 0 Å². The lowest BCUT2D eigenvalue weighted by Crippen LogP contribution is -2.36. The van der Waals surface area contributed by atoms with E-state index in [1.54, 1.807) is 25.5 Å². The average molecular weight is 354 g/mol. The van der Waals surface area contributed by atoms with Gasteiger partial charge in [-0.25, -0.2) is 10.2 Å². The summed E-state index contributed by atoms with van der Waals surface area (Å²) < 4.78 is 10.5. The van der Waals surface area contributed by atoms with E-state index in [9.17, 15) is 4.79 Å². The lowest BCUT2D eigenvalue weighted by Gasteiger charge is -2.28. The third-order valence-electron chi connectivity index (χ3n) is 4.00. The van der Waals surface area contributed by atoms with Gasteiger partial charge in [0.15, 0.2) is 0 Å². The molecule has 26 heavy (non-hydrogen) atoms. The highest BCUT2D eigenvalue weighted by atomic mass is 16.5. The maximum atomic E-state index is 11.9. The molecule has 7 heteroatoms. The number of ether oxygens (including phenoxy) is 2. The number of nitrogens with one attached hydrogen (secondary N) is 2. The van der Waals surface area contributed by atoms with Crippen molar-refractivity contribution in [3.63, 3.8) is 0 Å². The number of nitrogens with zero attached hydrogens (tertiary/aromatic N) is 2. The third-order valence-corrected chi connectivity index (χ3v) is 4.00. The summed E-state index contributed by atoms with van der Waals surface area (Å²) >= 11 is 0. The van der Waals surface area contributed by atoms with E-state index in [-0.39, 0.29) is 0 Å². The Bertz CT molecular complexity index is 756. The fourth-order valence-corrected chi connectivity index (χ4v) is 2.66. The second-order valence-electron chi connectivity index (χ2n) is 5.72. The number of rotatable bonds is 5. The summed E-state index contributed by atoms with van der Waals surface area (Å²) in [4.78, 5) is 14.2. The molecule has 2 aromatic carbocycles. The molecule has 3 rings (SSSR count). The molecule has 1 fully saturated rings. The van der Waals surface area contributed by atoms with Gasteiger partial charge in [-0.2, -0.15) is 5.10 Å². The molecule has 1 heterocycles. The molecule has 0 radical (unpaired) electrons. The monoisotopic (exact) mass is 354 g/mol. The Morgan fingerprint density at radius 3 is 2.62 bits per heavy atom. The molecule has 0 spiro atoms. The van der Waals surface area contributed by atoms with Crippen LogP contribution in [0.1, 0.15) is 5.56 Å². The summed E-state index contributed by atoms with van der Waals surface area (Å²) in [5.41, 5.74) is 5.09. The quantitative estimate of drug-likeness (QED) is 0.639. The van der Waals surface area contributed by atoms with E-state index < -0.39 is 6.03 Å². The fourth-order valence-electron chi connectivity index (χ4n) is 2.66. The van der Waals surface area contributed by atoms with Crippen molar-refractivity contribution in [1.82, 2.24) is 5.43 Å². The van der Waals surface area contributed by atoms with Crippen LogP contribution in [0.5, 0.6) is 5.75 Å². The van der Waals surface area contributed by atoms with Crippen LogP contribution in [0.2, 0.25) is 0 Å². The van der Waals surface area contributed by atoms with Crippen molar-refractivity contribution in [3.05, 3.63) is 54.1 Å². The molecule has 0 unspecified atom stereocenters. The number of morpholine rings is 1. The number of hydrazone groups is 1. The number of hydrogen-bond donors (Lipinski definition) is 2. The van der Waals surface area contributed by atoms with Gasteiger partial charge in [0.25, 0.3) is 0 Å². The van der Waals surface area contributed by atoms with E-state index in [1.165, 1.54) is 0 Å². The zero-order valence-corrected chi connectivity index (χ0v) is 14.6. The highest BCUT2D eigenvalue weighted by Crippen LogP contribution is 2.22. The van der Waals surface area contributed by atoms with Crippen molar-refractivity contribution < 1.29 is 14.3 Å². The van der Waals surface area contributed by atoms with Crippen LogP contribution in [0, 0.1) is 0 Å². The Morgan fingerprint density at radius 1 is 1.15 bits per heavy atom. The second-order valence-corrected chi connectivity index (χ2v) is 5.72. The van der Waals surface area contributed by atoms with Gasteiger partial charge in [-0.1, -0.05) is 24.3 Å². The molecule has 0 saturated carbocycles. The molecule has 7 nitrogen and oxygen atoms in total. The summed E-state index contributed by atoms with van der Waals surface area (Å²) in [6.45, 7) is 3.32. The standard InChI is InChI=1S/C19H22N4O3/c1-25-18-5-3-2-4-17(18)21-19(24)22-20-14-15-6-8-16(9-7-15)23-10-12-26-13-11-23/h2-9,14H,10-13H2,1H3,(H2,21,22,24)/b20-14+. The first-order valence-corrected chi connectivity index (χ1v) is 8.42. The first-order valence-electron chi connectivity index (χ1n) is 8.42. The number of methoxy groups -OCH3 is 1. The zero-order chi connectivity index (χ0) is 18.2. The maximum Gasteiger partial charge on any atom is 0.339 e. The van der Waals surface area contributed by atoms with Crippen molar-refractivity contribution >= 4 is 23.6 Å². The Morgan fingerprint density at radius 2 is 1.88 bits per heavy atom. The summed E-state index contributed by atoms with van der Waals surface area (Å²) in [5, 5.41) is 6.67. The molecular formula is C19H22N4O3. The van der Waals surface area contributed by atoms with Crippen molar-refractivity contribution in [2.75, 3.05) is 43.6 Å². The first-order chi connectivity index (χ1) is 12.8. The smallest absolute Gasteiger partial charge is 0.339 e. The van der Waals surface area contributed by atoms with Gasteiger partial charge in [-0.15, -0.1) is 0 Å². The van der Waals surface area contributed by atoms with Crippen LogP contribution in [-0.2, 0) is 4.74 Å². The summed E-state index contributed by atoms with van der Waals surface area (Å²) in [6.07, 6.45) is 1.60. The summed E-state index contributed by atoms with van der Waals surface area (Å²) in [6, 6.07) is 14.8. The van der Waals surface area contributed by atoms with Crippen LogP contribution in [0.3, 0.4) is 0 Å². The van der Waals surface area contributed by atoms with Gasteiger partial charge in [0.05, 0.1) is 32.2 Å². The maximum absolute atomic E-state index is 11.9. The Labute approximate surface area is 152 Å². The Balaban J connectivity index is 1.52. The number of hydrogen-bond acceptors (Lipinski definition) is 5. The van der Waals surface area contributed by atoms with Crippen LogP contribution < -0.4 is 20.4 Å². The first kappa shape index (κ1) is 17.8. The Hall–Kier alpha value is -3.06. The average Bonchev–Trinajstić information content (AvgIpc) is 2.69. The molecule has 0 atom stereocenters. The number of anilines is 2. The van der Waals surface area contributed by atoms with Gasteiger partial charge in [-0.05, 0) is 29.8 Å². The minimum atomic E-state index is -0.435. The predicted octanol–water partition coefficient (Wildman–Crippen LogP) is 2.69. The van der Waals surface area contributed by atoms with Gasteiger partial charge in [-0.3, -0.25) is 0 Å². The molecule has 1 aliphatic heterocycles. The van der Waals surface area contributed by atoms with Gasteiger partial charge in [0.1, 0.15) is 5.75 Å². The minimum Gasteiger partial charge on any atom is -0.495 e. The van der Waals surface area contributed by atoms with E-state index in [4.69, 9.17) is 9.47 Å². The number of benzene rings is 2. The predicted molar refractivity (Wildman–Crippen MR) is 102 cm³/mol. The normalized spacial score (nSPS) is 14.3. The summed E-state index contributed by atoms with van der Waals surface area (Å²) in [7, 11) is 1.55. The molecule has 1 saturated heterocycles. The SMILES string of the molecule is COc1ccccc1NC(=O)N/N=C/c1ccc(N2CCOCC2)cc1. The van der Waals surface area contributed by atoms with Gasteiger partial charge in [0, 0.05) is 18.8 Å². The highest BCUT2D eigenvalue weighted by Gasteiger charge is 2.10. The molecule has 1 aliphatic rings. The van der Waals surface area contributed by atoms with Crippen molar-refractivity contribution in [2.45, 2.75) is 0 Å². The molecule has 2 N–H and O–H groups in total. The molecule has 0 aromatic heterocycles. The van der Waals surface area contributed by atoms with Crippen LogP contribution in [-0.4, -0.2) is 45.7 Å². The summed E-state index contributed by atoms with van der Waals surface area (Å²) in [5.74, 6) is 0.588. The van der Waals surface area contributed by atoms with E-state index in [1.807, 2.05) is 36.4 Å². The zero-order valence-electron chi connectivity index (χ0n) is 14.6. The molecule has 0 bridgehead atoms. The van der Waals surface area contributed by atoms with E-state index in [2.05, 4.69) is 20.7 Å². The number of carbonyl (C=O) groups excluding carboxylic acids is 1. The lowest BCUT2D eigenvalue weighted by molar-refractivity contribution is 0.122. The number of amides is 2. The van der Waals surface area contributed by atoms with Gasteiger partial charge in [0.2, 0.25) is 0 Å². The van der Waals surface area contributed by atoms with Crippen molar-refractivity contribution in [2.24, 2.45) is 5.10 Å². The van der Waals surface area contributed by atoms with Crippen LogP contribution >= 0.6 is 0 Å². The van der Waals surface area contributed by atoms with E-state index in [0.29, 0.717) is 11.4 Å².